The highest BCUT2D eigenvalue weighted by Crippen LogP contribution is 2.35. The van der Waals surface area contributed by atoms with Gasteiger partial charge in [-0.3, -0.25) is 4.98 Å². The van der Waals surface area contributed by atoms with Crippen LogP contribution in [0, 0.1) is 0 Å². The second kappa shape index (κ2) is 4.65. The van der Waals surface area contributed by atoms with E-state index in [2.05, 4.69) is 56.1 Å². The van der Waals surface area contributed by atoms with Gasteiger partial charge in [0.2, 0.25) is 0 Å². The van der Waals surface area contributed by atoms with Crippen LogP contribution >= 0.6 is 0 Å². The summed E-state index contributed by atoms with van der Waals surface area (Å²) in [5.41, 5.74) is 8.01. The Morgan fingerprint density at radius 2 is 2.00 bits per heavy atom. The summed E-state index contributed by atoms with van der Waals surface area (Å²) in [6.07, 6.45) is 5.26. The summed E-state index contributed by atoms with van der Waals surface area (Å²) in [7, 11) is 0. The molecule has 0 unspecified atom stereocenters. The Labute approximate surface area is 115 Å². The van der Waals surface area contributed by atoms with E-state index in [0.717, 1.165) is 12.1 Å². The lowest BCUT2D eigenvalue weighted by Crippen LogP contribution is -1.95. The second-order valence-electron chi connectivity index (χ2n) is 5.68. The Morgan fingerprint density at radius 1 is 1.16 bits per heavy atom. The van der Waals surface area contributed by atoms with Crippen LogP contribution in [-0.4, -0.2) is 4.98 Å². The summed E-state index contributed by atoms with van der Waals surface area (Å²) in [6, 6.07) is 10.8. The molecule has 1 aliphatic rings. The molecule has 0 saturated heterocycles. The van der Waals surface area contributed by atoms with Crippen LogP contribution in [0.2, 0.25) is 0 Å². The molecule has 0 spiro atoms. The molecule has 1 heteroatoms. The molecule has 0 bridgehead atoms. The SMILES string of the molecule is CC1=Cc2c(cc(C(C)C)cc2-c2ccccn2)C1. The highest BCUT2D eigenvalue weighted by Gasteiger charge is 2.17. The number of allylic oxidation sites excluding steroid dienone is 1. The zero-order valence-corrected chi connectivity index (χ0v) is 11.8. The molecule has 0 atom stereocenters. The quantitative estimate of drug-likeness (QED) is 0.742. The van der Waals surface area contributed by atoms with Crippen LogP contribution in [-0.2, 0) is 6.42 Å². The van der Waals surface area contributed by atoms with Gasteiger partial charge in [-0.15, -0.1) is 0 Å². The molecule has 1 nitrogen and oxygen atoms in total. The normalized spacial score (nSPS) is 13.6. The number of fused-ring (bicyclic) bond motifs is 1. The monoisotopic (exact) mass is 249 g/mol. The van der Waals surface area contributed by atoms with E-state index in [-0.39, 0.29) is 0 Å². The molecule has 0 aliphatic heterocycles. The van der Waals surface area contributed by atoms with Crippen molar-refractivity contribution in [2.75, 3.05) is 0 Å². The van der Waals surface area contributed by atoms with Crippen molar-refractivity contribution in [1.29, 1.82) is 0 Å². The summed E-state index contributed by atoms with van der Waals surface area (Å²) in [5.74, 6) is 0.550. The third-order valence-electron chi connectivity index (χ3n) is 3.76. The fourth-order valence-corrected chi connectivity index (χ4v) is 2.72. The molecule has 0 N–H and O–H groups in total. The van der Waals surface area contributed by atoms with Crippen LogP contribution in [0.1, 0.15) is 43.4 Å². The van der Waals surface area contributed by atoms with Crippen LogP contribution in [0.15, 0.2) is 42.1 Å². The maximum Gasteiger partial charge on any atom is 0.0708 e. The van der Waals surface area contributed by atoms with Gasteiger partial charge in [-0.1, -0.05) is 37.6 Å². The Balaban J connectivity index is 2.22. The van der Waals surface area contributed by atoms with E-state index >= 15 is 0 Å². The van der Waals surface area contributed by atoms with Crippen LogP contribution < -0.4 is 0 Å². The van der Waals surface area contributed by atoms with Gasteiger partial charge >= 0.3 is 0 Å². The molecule has 2 aromatic rings. The number of nitrogens with zero attached hydrogens (tertiary/aromatic N) is 1. The van der Waals surface area contributed by atoms with Gasteiger partial charge in [0.15, 0.2) is 0 Å². The average molecular weight is 249 g/mol. The van der Waals surface area contributed by atoms with Gasteiger partial charge < -0.3 is 0 Å². The summed E-state index contributed by atoms with van der Waals surface area (Å²) < 4.78 is 0. The lowest BCUT2D eigenvalue weighted by atomic mass is 9.92. The fourth-order valence-electron chi connectivity index (χ4n) is 2.72. The molecular formula is C18H19N. The number of aromatic nitrogens is 1. The van der Waals surface area contributed by atoms with E-state index in [1.807, 2.05) is 12.3 Å². The standard InChI is InChI=1S/C18H19N/c1-12(2)14-10-15-8-13(3)9-16(15)17(11-14)18-6-4-5-7-19-18/h4-7,9-12H,8H2,1-3H3. The van der Waals surface area contributed by atoms with Gasteiger partial charge in [-0.2, -0.15) is 0 Å². The molecule has 1 heterocycles. The van der Waals surface area contributed by atoms with E-state index < -0.39 is 0 Å². The number of hydrogen-bond acceptors (Lipinski definition) is 1. The Morgan fingerprint density at radius 3 is 2.68 bits per heavy atom. The van der Waals surface area contributed by atoms with Gasteiger partial charge in [0.1, 0.15) is 0 Å². The number of pyridine rings is 1. The first-order chi connectivity index (χ1) is 9.15. The third-order valence-corrected chi connectivity index (χ3v) is 3.76. The van der Waals surface area contributed by atoms with Crippen molar-refractivity contribution in [2.45, 2.75) is 33.1 Å². The van der Waals surface area contributed by atoms with Crippen molar-refractivity contribution in [3.63, 3.8) is 0 Å². The second-order valence-corrected chi connectivity index (χ2v) is 5.68. The van der Waals surface area contributed by atoms with Crippen LogP contribution in [0.3, 0.4) is 0 Å². The van der Waals surface area contributed by atoms with Gasteiger partial charge in [0.05, 0.1) is 5.69 Å². The minimum Gasteiger partial charge on any atom is -0.256 e. The minimum absolute atomic E-state index is 0.550. The van der Waals surface area contributed by atoms with Gasteiger partial charge in [0, 0.05) is 11.8 Å². The van der Waals surface area contributed by atoms with E-state index in [1.165, 1.54) is 27.8 Å². The first-order valence-corrected chi connectivity index (χ1v) is 6.90. The maximum absolute atomic E-state index is 4.52. The summed E-state index contributed by atoms with van der Waals surface area (Å²) in [5, 5.41) is 0. The van der Waals surface area contributed by atoms with Crippen LogP contribution in [0.5, 0.6) is 0 Å². The predicted octanol–water partition coefficient (Wildman–Crippen LogP) is 4.83. The van der Waals surface area contributed by atoms with Crippen molar-refractivity contribution < 1.29 is 0 Å². The molecule has 0 saturated carbocycles. The summed E-state index contributed by atoms with van der Waals surface area (Å²) in [4.78, 5) is 4.52. The third kappa shape index (κ3) is 2.21. The number of benzene rings is 1. The van der Waals surface area contributed by atoms with Crippen LogP contribution in [0.25, 0.3) is 17.3 Å². The van der Waals surface area contributed by atoms with E-state index in [0.29, 0.717) is 5.92 Å². The number of rotatable bonds is 2. The van der Waals surface area contributed by atoms with Gasteiger partial charge in [-0.25, -0.2) is 0 Å². The van der Waals surface area contributed by atoms with Crippen molar-refractivity contribution in [1.82, 2.24) is 4.98 Å². The molecule has 0 amide bonds. The molecule has 1 aromatic heterocycles. The topological polar surface area (TPSA) is 12.9 Å². The molecule has 3 rings (SSSR count). The zero-order valence-electron chi connectivity index (χ0n) is 11.8. The van der Waals surface area contributed by atoms with E-state index in [4.69, 9.17) is 0 Å². The van der Waals surface area contributed by atoms with Gasteiger partial charge in [0.25, 0.3) is 0 Å². The Kier molecular flexibility index (Phi) is 2.98. The van der Waals surface area contributed by atoms with Crippen molar-refractivity contribution in [2.24, 2.45) is 0 Å². The highest BCUT2D eigenvalue weighted by atomic mass is 14.7. The average Bonchev–Trinajstić information content (AvgIpc) is 2.78. The zero-order chi connectivity index (χ0) is 13.4. The molecule has 19 heavy (non-hydrogen) atoms. The van der Waals surface area contributed by atoms with E-state index in [9.17, 15) is 0 Å². The lowest BCUT2D eigenvalue weighted by molar-refractivity contribution is 0.864. The summed E-state index contributed by atoms with van der Waals surface area (Å²) in [6.45, 7) is 6.70. The Bertz CT molecular complexity index is 636. The highest BCUT2D eigenvalue weighted by molar-refractivity contribution is 5.79. The fraction of sp³-hybridized carbons (Fsp3) is 0.278. The molecule has 0 radical (unpaired) electrons. The summed E-state index contributed by atoms with van der Waals surface area (Å²) >= 11 is 0. The van der Waals surface area contributed by atoms with Crippen LogP contribution in [0.4, 0.5) is 0 Å². The first-order valence-electron chi connectivity index (χ1n) is 6.90. The van der Waals surface area contributed by atoms with Crippen molar-refractivity contribution in [3.05, 3.63) is 58.8 Å². The first kappa shape index (κ1) is 12.2. The molecule has 1 aliphatic carbocycles. The Hall–Kier alpha value is -1.89. The largest absolute Gasteiger partial charge is 0.256 e. The number of hydrogen-bond donors (Lipinski definition) is 0. The predicted molar refractivity (Wildman–Crippen MR) is 81.1 cm³/mol. The molecule has 96 valence electrons. The van der Waals surface area contributed by atoms with Gasteiger partial charge in [-0.05, 0) is 54.2 Å². The van der Waals surface area contributed by atoms with Crippen molar-refractivity contribution >= 4 is 6.08 Å². The lowest BCUT2D eigenvalue weighted by Gasteiger charge is -2.13. The molecular weight excluding hydrogens is 230 g/mol. The van der Waals surface area contributed by atoms with E-state index in [1.54, 1.807) is 0 Å². The minimum atomic E-state index is 0.550. The molecule has 0 fully saturated rings. The van der Waals surface area contributed by atoms with Crippen molar-refractivity contribution in [3.8, 4) is 11.3 Å². The maximum atomic E-state index is 4.52. The molecule has 1 aromatic carbocycles. The smallest absolute Gasteiger partial charge is 0.0708 e.